The molecule has 6 rings (SSSR count). The molecule has 2 fully saturated rings. The maximum Gasteiger partial charge on any atom is 0.264 e. The molecule has 1 N–H and O–H groups in total. The molecular weight excluding hydrogens is 674 g/mol. The number of hydrogen-bond acceptors (Lipinski definition) is 8. The second kappa shape index (κ2) is 14.1. The van der Waals surface area contributed by atoms with Gasteiger partial charge < -0.3 is 14.4 Å². The van der Waals surface area contributed by atoms with Crippen molar-refractivity contribution in [1.82, 2.24) is 9.03 Å². The number of nitrogens with zero attached hydrogens (tertiary/aromatic N) is 2. The molecule has 1 saturated heterocycles. The van der Waals surface area contributed by atoms with E-state index in [1.165, 1.54) is 6.26 Å². The third kappa shape index (κ3) is 7.52. The molecule has 2 aromatic carbocycles. The third-order valence-electron chi connectivity index (χ3n) is 11.2. The number of carbonyl (C=O) groups is 1. The second-order valence-electron chi connectivity index (χ2n) is 14.3. The smallest absolute Gasteiger partial charge is 0.264 e. The zero-order valence-corrected chi connectivity index (χ0v) is 30.5. The molecule has 0 radical (unpaired) electrons. The molecule has 5 atom stereocenters. The zero-order chi connectivity index (χ0) is 34.3. The lowest BCUT2D eigenvalue weighted by molar-refractivity contribution is -0.165. The first-order valence-corrected chi connectivity index (χ1v) is 21.0. The molecule has 48 heavy (non-hydrogen) atoms. The summed E-state index contributed by atoms with van der Waals surface area (Å²) in [7, 11) is -7.40. The van der Waals surface area contributed by atoms with E-state index in [1.54, 1.807) is 29.4 Å². The maximum atomic E-state index is 13.5. The molecule has 1 spiro atoms. The molecule has 1 amide bonds. The fraction of sp³-hybridized carbons (Fsp3) is 0.629. The van der Waals surface area contributed by atoms with Crippen molar-refractivity contribution in [2.24, 2.45) is 17.8 Å². The van der Waals surface area contributed by atoms with Crippen molar-refractivity contribution in [1.29, 1.82) is 0 Å². The van der Waals surface area contributed by atoms with E-state index < -0.39 is 36.8 Å². The Labute approximate surface area is 290 Å². The molecule has 4 aliphatic rings. The number of halogens is 1. The fourth-order valence-corrected chi connectivity index (χ4v) is 10.4. The Morgan fingerprint density at radius 3 is 2.56 bits per heavy atom. The number of amides is 1. The van der Waals surface area contributed by atoms with Gasteiger partial charge in [0.05, 0.1) is 29.4 Å². The van der Waals surface area contributed by atoms with Crippen molar-refractivity contribution in [3.05, 3.63) is 58.1 Å². The molecule has 13 heteroatoms. The molecule has 1 saturated carbocycles. The van der Waals surface area contributed by atoms with E-state index >= 15 is 0 Å². The molecule has 2 bridgehead atoms. The summed E-state index contributed by atoms with van der Waals surface area (Å²) in [6.45, 7) is 6.20. The number of anilines is 1. The largest absolute Gasteiger partial charge is 0.487 e. The monoisotopic (exact) mass is 721 g/mol. The molecule has 0 unspecified atom stereocenters. The number of carbonyl (C=O) groups excluding carboxylic acids is 1. The first-order valence-electron chi connectivity index (χ1n) is 17.2. The number of aryl methyl sites for hydroxylation is 1. The Balaban J connectivity index is 1.41. The van der Waals surface area contributed by atoms with Crippen molar-refractivity contribution in [2.45, 2.75) is 82.7 Å². The summed E-state index contributed by atoms with van der Waals surface area (Å²) in [5.74, 6) is 0.0896. The van der Waals surface area contributed by atoms with Crippen LogP contribution >= 0.6 is 11.6 Å². The van der Waals surface area contributed by atoms with E-state index in [4.69, 9.17) is 21.1 Å². The predicted octanol–water partition coefficient (Wildman–Crippen LogP) is 5.39. The van der Waals surface area contributed by atoms with Gasteiger partial charge in [0.1, 0.15) is 12.4 Å². The SMILES string of the molecule is C[C@@H]1[C@@H](C)CCC[C@]2(CN(S(C)(=O)=O)CCO2)[C@@H]2CC[C@H]2CN2CCCCc3cc(Cl)ccc3COc3ccc(cc32)C(=O)NS1(=O)=O. The quantitative estimate of drug-likeness (QED) is 0.417. The molecule has 1 aliphatic carbocycles. The van der Waals surface area contributed by atoms with Gasteiger partial charge in [-0.15, -0.1) is 0 Å². The van der Waals surface area contributed by atoms with Crippen LogP contribution in [0.5, 0.6) is 5.75 Å². The number of sulfonamides is 2. The van der Waals surface area contributed by atoms with Crippen LogP contribution < -0.4 is 14.4 Å². The highest BCUT2D eigenvalue weighted by Gasteiger charge is 2.52. The highest BCUT2D eigenvalue weighted by Crippen LogP contribution is 2.49. The molecule has 3 heterocycles. The lowest BCUT2D eigenvalue weighted by Crippen LogP contribution is -2.61. The highest BCUT2D eigenvalue weighted by atomic mass is 35.5. The normalized spacial score (nSPS) is 30.5. The molecule has 264 valence electrons. The highest BCUT2D eigenvalue weighted by molar-refractivity contribution is 7.90. The molecule has 3 aliphatic heterocycles. The summed E-state index contributed by atoms with van der Waals surface area (Å²) in [5, 5.41) is -0.122. The van der Waals surface area contributed by atoms with Gasteiger partial charge in [0.15, 0.2) is 0 Å². The number of morpholine rings is 1. The van der Waals surface area contributed by atoms with Gasteiger partial charge in [0.25, 0.3) is 5.91 Å². The maximum absolute atomic E-state index is 13.5. The lowest BCUT2D eigenvalue weighted by atomic mass is 9.62. The summed E-state index contributed by atoms with van der Waals surface area (Å²) in [5.41, 5.74) is 2.54. The van der Waals surface area contributed by atoms with Crippen molar-refractivity contribution in [3.8, 4) is 5.75 Å². The van der Waals surface area contributed by atoms with Crippen LogP contribution in [-0.4, -0.2) is 76.9 Å². The number of rotatable bonds is 1. The minimum absolute atomic E-state index is 0.131. The lowest BCUT2D eigenvalue weighted by Gasteiger charge is -2.54. The van der Waals surface area contributed by atoms with Gasteiger partial charge in [0.2, 0.25) is 20.0 Å². The van der Waals surface area contributed by atoms with E-state index in [2.05, 4.69) is 9.62 Å². The van der Waals surface area contributed by atoms with Gasteiger partial charge in [-0.3, -0.25) is 4.79 Å². The second-order valence-corrected chi connectivity index (χ2v) is 18.7. The van der Waals surface area contributed by atoms with E-state index in [0.29, 0.717) is 69.4 Å². The van der Waals surface area contributed by atoms with Gasteiger partial charge >= 0.3 is 0 Å². The summed E-state index contributed by atoms with van der Waals surface area (Å²) in [6.07, 6.45) is 7.76. The van der Waals surface area contributed by atoms with Crippen molar-refractivity contribution < 1.29 is 31.1 Å². The Hall–Kier alpha value is -2.38. The number of nitrogens with one attached hydrogen (secondary N) is 1. The fourth-order valence-electron chi connectivity index (χ4n) is 8.01. The third-order valence-corrected chi connectivity index (χ3v) is 14.6. The first kappa shape index (κ1) is 35.4. The molecule has 10 nitrogen and oxygen atoms in total. The Morgan fingerprint density at radius 1 is 1.00 bits per heavy atom. The van der Waals surface area contributed by atoms with Crippen molar-refractivity contribution in [3.63, 3.8) is 0 Å². The van der Waals surface area contributed by atoms with Crippen molar-refractivity contribution >= 4 is 43.2 Å². The van der Waals surface area contributed by atoms with E-state index in [0.717, 1.165) is 48.9 Å². The van der Waals surface area contributed by atoms with Gasteiger partial charge in [0, 0.05) is 36.8 Å². The van der Waals surface area contributed by atoms with Gasteiger partial charge in [-0.2, -0.15) is 4.31 Å². The van der Waals surface area contributed by atoms with Crippen LogP contribution in [0.15, 0.2) is 36.4 Å². The molecule has 0 aromatic heterocycles. The minimum Gasteiger partial charge on any atom is -0.487 e. The van der Waals surface area contributed by atoms with E-state index in [1.807, 2.05) is 25.1 Å². The molecule has 2 aromatic rings. The standard InChI is InChI=1S/C35H48ClN3O7S2/c1-24-7-6-15-35(23-39(17-18-46-35)47(3,41)42)31-13-10-28(31)21-38-16-5-4-8-26-19-30(36)12-9-29(26)22-45-33-14-11-27(20-32(33)38)34(40)37-48(43,44)25(24)2/h9,11-12,14,19-20,24-25,28,31H,4-8,10,13,15-18,21-23H2,1-3H3,(H,37,40)/t24-,25+,28-,31+,35-/m0/s1. The average Bonchev–Trinajstić information content (AvgIpc) is 3.04. The van der Waals surface area contributed by atoms with Crippen LogP contribution in [0.2, 0.25) is 5.02 Å². The van der Waals surface area contributed by atoms with Gasteiger partial charge in [-0.1, -0.05) is 31.0 Å². The topological polar surface area (TPSA) is 122 Å². The van der Waals surface area contributed by atoms with Crippen LogP contribution in [0.25, 0.3) is 0 Å². The molecular formula is C35H48ClN3O7S2. The van der Waals surface area contributed by atoms with E-state index in [9.17, 15) is 21.6 Å². The Bertz CT molecular complexity index is 1740. The van der Waals surface area contributed by atoms with E-state index in [-0.39, 0.29) is 23.3 Å². The van der Waals surface area contributed by atoms with Crippen molar-refractivity contribution in [2.75, 3.05) is 43.9 Å². The van der Waals surface area contributed by atoms with Gasteiger partial charge in [-0.05, 0) is 111 Å². The Kier molecular flexibility index (Phi) is 10.4. The summed E-state index contributed by atoms with van der Waals surface area (Å²) in [6, 6.07) is 11.0. The van der Waals surface area contributed by atoms with Crippen LogP contribution in [0.3, 0.4) is 0 Å². The summed E-state index contributed by atoms with van der Waals surface area (Å²) < 4.78 is 69.5. The minimum atomic E-state index is -3.98. The Morgan fingerprint density at radius 2 is 1.81 bits per heavy atom. The number of hydrogen-bond donors (Lipinski definition) is 1. The van der Waals surface area contributed by atoms with Crippen LogP contribution in [-0.2, 0) is 37.8 Å². The number of benzene rings is 2. The van der Waals surface area contributed by atoms with Crippen LogP contribution in [0.4, 0.5) is 5.69 Å². The average molecular weight is 722 g/mol. The zero-order valence-electron chi connectivity index (χ0n) is 28.1. The van der Waals surface area contributed by atoms with Crippen LogP contribution in [0, 0.1) is 17.8 Å². The van der Waals surface area contributed by atoms with Crippen LogP contribution in [0.1, 0.15) is 80.3 Å². The predicted molar refractivity (Wildman–Crippen MR) is 188 cm³/mol. The first-order chi connectivity index (χ1) is 22.8. The summed E-state index contributed by atoms with van der Waals surface area (Å²) in [4.78, 5) is 15.8. The number of fused-ring (bicyclic) bond motifs is 4. The van der Waals surface area contributed by atoms with Gasteiger partial charge in [-0.25, -0.2) is 21.6 Å². The number of ether oxygens (including phenoxy) is 2. The summed E-state index contributed by atoms with van der Waals surface area (Å²) >= 11 is 6.35.